The Kier molecular flexibility index (Phi) is 22.0. The van der Waals surface area contributed by atoms with E-state index in [-0.39, 0.29) is 18.7 Å². The van der Waals surface area contributed by atoms with Crippen LogP contribution in [0.3, 0.4) is 0 Å². The third kappa shape index (κ3) is 23.1. The molecule has 0 rings (SSSR count). The van der Waals surface area contributed by atoms with Crippen molar-refractivity contribution in [3.63, 3.8) is 0 Å². The molecule has 3 N–H and O–H groups in total. The van der Waals surface area contributed by atoms with Gasteiger partial charge in [0.1, 0.15) is 6.04 Å². The minimum atomic E-state index is -1.19. The molecule has 0 radical (unpaired) electrons. The van der Waals surface area contributed by atoms with Crippen molar-refractivity contribution in [1.29, 1.82) is 0 Å². The Morgan fingerprint density at radius 3 is 1.58 bits per heavy atom. The predicted octanol–water partition coefficient (Wildman–Crippen LogP) is 7.02. The van der Waals surface area contributed by atoms with Gasteiger partial charge >= 0.3 is 11.9 Å². The third-order valence-electron chi connectivity index (χ3n) is 5.95. The molecule has 0 bridgehead atoms. The topological polar surface area (TPSA) is 104 Å². The summed E-state index contributed by atoms with van der Waals surface area (Å²) in [6, 6.07) is -1.12. The smallest absolute Gasteiger partial charge is 0.326 e. The van der Waals surface area contributed by atoms with E-state index in [4.69, 9.17) is 10.2 Å². The summed E-state index contributed by atoms with van der Waals surface area (Å²) in [5.41, 5.74) is 0. The van der Waals surface area contributed by atoms with E-state index < -0.39 is 18.0 Å². The van der Waals surface area contributed by atoms with Crippen LogP contribution in [0.5, 0.6) is 0 Å². The highest BCUT2D eigenvalue weighted by atomic mass is 16.4. The highest BCUT2D eigenvalue weighted by molar-refractivity contribution is 5.83. The highest BCUT2D eigenvalue weighted by Gasteiger charge is 2.20. The number of amides is 1. The lowest BCUT2D eigenvalue weighted by Gasteiger charge is -2.13. The maximum Gasteiger partial charge on any atom is 0.326 e. The Morgan fingerprint density at radius 2 is 1.12 bits per heavy atom. The van der Waals surface area contributed by atoms with Crippen molar-refractivity contribution in [2.45, 2.75) is 141 Å². The molecular formula is C27H49NO5. The van der Waals surface area contributed by atoms with Crippen LogP contribution in [-0.4, -0.2) is 34.1 Å². The number of unbranched alkanes of at least 4 members (excludes halogenated alkanes) is 15. The van der Waals surface area contributed by atoms with Crippen LogP contribution in [0, 0.1) is 0 Å². The zero-order chi connectivity index (χ0) is 24.6. The second-order valence-electron chi connectivity index (χ2n) is 9.14. The van der Waals surface area contributed by atoms with Crippen LogP contribution >= 0.6 is 0 Å². The maximum absolute atomic E-state index is 11.9. The van der Waals surface area contributed by atoms with Gasteiger partial charge in [0.05, 0.1) is 0 Å². The fraction of sp³-hybridized carbons (Fsp3) is 0.815. The number of hydrogen-bond donors (Lipinski definition) is 3. The van der Waals surface area contributed by atoms with E-state index in [2.05, 4.69) is 24.4 Å². The molecular weight excluding hydrogens is 418 g/mol. The molecule has 192 valence electrons. The van der Waals surface area contributed by atoms with Gasteiger partial charge in [0.25, 0.3) is 0 Å². The van der Waals surface area contributed by atoms with Crippen molar-refractivity contribution in [2.75, 3.05) is 0 Å². The average molecular weight is 468 g/mol. The molecule has 0 unspecified atom stereocenters. The second kappa shape index (κ2) is 23.3. The number of carbonyl (C=O) groups is 3. The van der Waals surface area contributed by atoms with Gasteiger partial charge in [0.15, 0.2) is 0 Å². The summed E-state index contributed by atoms with van der Waals surface area (Å²) in [5, 5.41) is 20.1. The van der Waals surface area contributed by atoms with Crippen LogP contribution in [0.4, 0.5) is 0 Å². The molecule has 0 aromatic rings. The minimum absolute atomic E-state index is 0.0914. The first-order valence-electron chi connectivity index (χ1n) is 13.4. The molecule has 6 heteroatoms. The van der Waals surface area contributed by atoms with Crippen molar-refractivity contribution >= 4 is 17.8 Å². The summed E-state index contributed by atoms with van der Waals surface area (Å²) in [6.07, 6.45) is 25.6. The van der Waals surface area contributed by atoms with Crippen molar-refractivity contribution in [1.82, 2.24) is 5.32 Å². The summed E-state index contributed by atoms with van der Waals surface area (Å²) in [5.74, 6) is -2.56. The first kappa shape index (κ1) is 31.1. The lowest BCUT2D eigenvalue weighted by Crippen LogP contribution is -2.41. The molecule has 33 heavy (non-hydrogen) atoms. The van der Waals surface area contributed by atoms with Crippen molar-refractivity contribution in [3.8, 4) is 0 Å². The summed E-state index contributed by atoms with van der Waals surface area (Å²) in [7, 11) is 0. The van der Waals surface area contributed by atoms with E-state index in [9.17, 15) is 14.4 Å². The summed E-state index contributed by atoms with van der Waals surface area (Å²) >= 11 is 0. The maximum atomic E-state index is 11.9. The number of aliphatic carboxylic acids is 2. The van der Waals surface area contributed by atoms with Gasteiger partial charge < -0.3 is 15.5 Å². The molecule has 0 fully saturated rings. The van der Waals surface area contributed by atoms with E-state index in [1.54, 1.807) is 0 Å². The van der Waals surface area contributed by atoms with Crippen molar-refractivity contribution < 1.29 is 24.6 Å². The zero-order valence-electron chi connectivity index (χ0n) is 21.0. The quantitative estimate of drug-likeness (QED) is 0.104. The molecule has 0 saturated heterocycles. The van der Waals surface area contributed by atoms with Gasteiger partial charge in [-0.05, 0) is 38.5 Å². The van der Waals surface area contributed by atoms with Crippen molar-refractivity contribution in [2.24, 2.45) is 0 Å². The third-order valence-corrected chi connectivity index (χ3v) is 5.95. The van der Waals surface area contributed by atoms with Crippen molar-refractivity contribution in [3.05, 3.63) is 12.2 Å². The molecule has 0 spiro atoms. The lowest BCUT2D eigenvalue weighted by atomic mass is 10.0. The molecule has 0 aromatic carbocycles. The fourth-order valence-electron chi connectivity index (χ4n) is 3.86. The molecule has 1 atom stereocenters. The Bertz CT molecular complexity index is 533. The summed E-state index contributed by atoms with van der Waals surface area (Å²) in [6.45, 7) is 2.26. The van der Waals surface area contributed by atoms with Gasteiger partial charge in [-0.25, -0.2) is 4.79 Å². The molecule has 0 aliphatic rings. The Labute approximate surface area is 201 Å². The minimum Gasteiger partial charge on any atom is -0.481 e. The predicted molar refractivity (Wildman–Crippen MR) is 134 cm³/mol. The number of carbonyl (C=O) groups excluding carboxylic acids is 1. The Balaban J connectivity index is 3.43. The molecule has 1 amide bonds. The normalized spacial score (nSPS) is 12.2. The number of carboxylic acid groups (broad SMARTS) is 2. The first-order chi connectivity index (χ1) is 16.0. The van der Waals surface area contributed by atoms with Gasteiger partial charge in [-0.1, -0.05) is 96.1 Å². The first-order valence-corrected chi connectivity index (χ1v) is 13.4. The molecule has 6 nitrogen and oxygen atoms in total. The van der Waals surface area contributed by atoms with E-state index in [1.165, 1.54) is 89.9 Å². The summed E-state index contributed by atoms with van der Waals surface area (Å²) < 4.78 is 0. The van der Waals surface area contributed by atoms with E-state index in [0.717, 1.165) is 19.3 Å². The van der Waals surface area contributed by atoms with Gasteiger partial charge in [-0.3, -0.25) is 9.59 Å². The van der Waals surface area contributed by atoms with Gasteiger partial charge in [0, 0.05) is 12.8 Å². The van der Waals surface area contributed by atoms with E-state index >= 15 is 0 Å². The van der Waals surface area contributed by atoms with Crippen LogP contribution in [0.2, 0.25) is 0 Å². The van der Waals surface area contributed by atoms with Crippen LogP contribution in [0.25, 0.3) is 0 Å². The van der Waals surface area contributed by atoms with Crippen LogP contribution in [-0.2, 0) is 14.4 Å². The second-order valence-corrected chi connectivity index (χ2v) is 9.14. The molecule has 0 aromatic heterocycles. The monoisotopic (exact) mass is 467 g/mol. The largest absolute Gasteiger partial charge is 0.481 e. The van der Waals surface area contributed by atoms with Gasteiger partial charge in [-0.2, -0.15) is 0 Å². The molecule has 0 aliphatic carbocycles. The van der Waals surface area contributed by atoms with Crippen LogP contribution in [0.15, 0.2) is 12.2 Å². The Hall–Kier alpha value is -1.85. The number of hydrogen-bond acceptors (Lipinski definition) is 3. The van der Waals surface area contributed by atoms with Crippen LogP contribution < -0.4 is 5.32 Å². The number of carboxylic acids is 2. The fourth-order valence-corrected chi connectivity index (χ4v) is 3.86. The SMILES string of the molecule is CCCCCCCC/C=C\CCCCCCCCCCCC(=O)N[C@@H](CCC(=O)O)C(=O)O. The number of allylic oxidation sites excluding steroid dienone is 2. The summed E-state index contributed by atoms with van der Waals surface area (Å²) in [4.78, 5) is 33.5. The van der Waals surface area contributed by atoms with E-state index in [1.807, 2.05) is 0 Å². The Morgan fingerprint density at radius 1 is 0.667 bits per heavy atom. The molecule has 0 saturated carbocycles. The van der Waals surface area contributed by atoms with Crippen LogP contribution in [0.1, 0.15) is 135 Å². The van der Waals surface area contributed by atoms with E-state index in [0.29, 0.717) is 6.42 Å². The van der Waals surface area contributed by atoms with Gasteiger partial charge in [0.2, 0.25) is 5.91 Å². The highest BCUT2D eigenvalue weighted by Crippen LogP contribution is 2.12. The zero-order valence-corrected chi connectivity index (χ0v) is 21.0. The van der Waals surface area contributed by atoms with Gasteiger partial charge in [-0.15, -0.1) is 0 Å². The average Bonchev–Trinajstić information content (AvgIpc) is 2.77. The molecule has 0 heterocycles. The standard InChI is InChI=1S/C27H49NO5/c1-2-3-4-5-6-7-8-9-10-11-12-13-14-15-16-17-18-19-20-21-25(29)28-24(27(32)33)22-23-26(30)31/h9-10,24H,2-8,11-23H2,1H3,(H,28,29)(H,30,31)(H,32,33)/b10-9-/t24-/m0/s1. The number of rotatable bonds is 24. The lowest BCUT2D eigenvalue weighted by molar-refractivity contribution is -0.143. The number of nitrogens with one attached hydrogen (secondary N) is 1. The molecule has 0 aliphatic heterocycles.